The quantitative estimate of drug-likeness (QED) is 0.412. The summed E-state index contributed by atoms with van der Waals surface area (Å²) in [5.74, 6) is 2.81. The van der Waals surface area contributed by atoms with Gasteiger partial charge in [-0.1, -0.05) is 37.1 Å². The van der Waals surface area contributed by atoms with Gasteiger partial charge < -0.3 is 15.0 Å². The van der Waals surface area contributed by atoms with Gasteiger partial charge in [-0.05, 0) is 42.7 Å². The molecule has 25 heavy (non-hydrogen) atoms. The Labute approximate surface area is 169 Å². The average Bonchev–Trinajstić information content (AvgIpc) is 3.05. The van der Waals surface area contributed by atoms with Crippen LogP contribution in [0.15, 0.2) is 29.3 Å². The van der Waals surface area contributed by atoms with Crippen LogP contribution in [0.5, 0.6) is 0 Å². The third-order valence-corrected chi connectivity index (χ3v) is 5.50. The summed E-state index contributed by atoms with van der Waals surface area (Å²) in [5, 5.41) is 3.57. The minimum atomic E-state index is 0. The van der Waals surface area contributed by atoms with E-state index in [2.05, 4.69) is 39.5 Å². The fraction of sp³-hybridized carbons (Fsp3) is 0.650. The van der Waals surface area contributed by atoms with Crippen molar-refractivity contribution < 1.29 is 4.74 Å². The Morgan fingerprint density at radius 3 is 2.40 bits per heavy atom. The number of nitrogens with one attached hydrogen (secondary N) is 1. The Morgan fingerprint density at radius 2 is 1.80 bits per heavy atom. The first-order valence-corrected chi connectivity index (χ1v) is 9.42. The Bertz CT molecular complexity index is 550. The SMILES string of the molecule is CCOCc1ccccc1CNC(=NC)N1CC2CCCCC2C1.I. The number of hydrogen-bond acceptors (Lipinski definition) is 2. The highest BCUT2D eigenvalue weighted by Gasteiger charge is 2.35. The number of likely N-dealkylation sites (tertiary alicyclic amines) is 1. The molecule has 1 saturated heterocycles. The van der Waals surface area contributed by atoms with Crippen LogP contribution < -0.4 is 5.32 Å². The smallest absolute Gasteiger partial charge is 0.193 e. The van der Waals surface area contributed by atoms with Crippen molar-refractivity contribution in [2.45, 2.75) is 45.8 Å². The van der Waals surface area contributed by atoms with Crippen molar-refractivity contribution in [2.24, 2.45) is 16.8 Å². The summed E-state index contributed by atoms with van der Waals surface area (Å²) >= 11 is 0. The van der Waals surface area contributed by atoms with Gasteiger partial charge in [-0.25, -0.2) is 0 Å². The molecule has 3 rings (SSSR count). The summed E-state index contributed by atoms with van der Waals surface area (Å²) in [6, 6.07) is 8.51. The van der Waals surface area contributed by atoms with Crippen LogP contribution in [0.25, 0.3) is 0 Å². The van der Waals surface area contributed by atoms with Crippen molar-refractivity contribution in [1.82, 2.24) is 10.2 Å². The van der Waals surface area contributed by atoms with Crippen LogP contribution in [-0.2, 0) is 17.9 Å². The zero-order valence-corrected chi connectivity index (χ0v) is 17.9. The van der Waals surface area contributed by atoms with E-state index in [0.717, 1.165) is 30.9 Å². The van der Waals surface area contributed by atoms with E-state index in [4.69, 9.17) is 4.74 Å². The number of hydrogen-bond donors (Lipinski definition) is 1. The monoisotopic (exact) mass is 457 g/mol. The number of ether oxygens (including phenoxy) is 1. The number of nitrogens with zero attached hydrogens (tertiary/aromatic N) is 2. The molecule has 0 radical (unpaired) electrons. The molecule has 0 bridgehead atoms. The molecule has 5 heteroatoms. The largest absolute Gasteiger partial charge is 0.377 e. The molecule has 2 fully saturated rings. The number of benzene rings is 1. The van der Waals surface area contributed by atoms with Crippen LogP contribution in [-0.4, -0.2) is 37.6 Å². The van der Waals surface area contributed by atoms with E-state index in [9.17, 15) is 0 Å². The first-order chi connectivity index (χ1) is 11.8. The Hall–Kier alpha value is -0.820. The topological polar surface area (TPSA) is 36.9 Å². The van der Waals surface area contributed by atoms with E-state index in [-0.39, 0.29) is 24.0 Å². The minimum Gasteiger partial charge on any atom is -0.377 e. The normalized spacial score (nSPS) is 23.1. The molecular formula is C20H32IN3O. The predicted octanol–water partition coefficient (Wildman–Crippen LogP) is 4.04. The van der Waals surface area contributed by atoms with Crippen molar-refractivity contribution >= 4 is 29.9 Å². The molecule has 1 heterocycles. The van der Waals surface area contributed by atoms with E-state index in [1.165, 1.54) is 49.9 Å². The van der Waals surface area contributed by atoms with Gasteiger partial charge in [-0.3, -0.25) is 4.99 Å². The fourth-order valence-electron chi connectivity index (χ4n) is 4.17. The van der Waals surface area contributed by atoms with Gasteiger partial charge in [-0.15, -0.1) is 24.0 Å². The lowest BCUT2D eigenvalue weighted by Gasteiger charge is -2.22. The van der Waals surface area contributed by atoms with Crippen LogP contribution >= 0.6 is 24.0 Å². The molecular weight excluding hydrogens is 425 g/mol. The van der Waals surface area contributed by atoms with Gasteiger partial charge in [0, 0.05) is 33.3 Å². The second kappa shape index (κ2) is 10.4. The maximum atomic E-state index is 5.59. The summed E-state index contributed by atoms with van der Waals surface area (Å²) in [6.45, 7) is 6.62. The van der Waals surface area contributed by atoms with Gasteiger partial charge >= 0.3 is 0 Å². The third kappa shape index (κ3) is 5.33. The van der Waals surface area contributed by atoms with Crippen molar-refractivity contribution in [3.8, 4) is 0 Å². The first-order valence-electron chi connectivity index (χ1n) is 9.42. The van der Waals surface area contributed by atoms with Gasteiger partial charge in [-0.2, -0.15) is 0 Å². The zero-order chi connectivity index (χ0) is 16.8. The number of aliphatic imine (C=N–C) groups is 1. The maximum absolute atomic E-state index is 5.59. The molecule has 0 aromatic heterocycles. The van der Waals surface area contributed by atoms with Gasteiger partial charge in [0.15, 0.2) is 5.96 Å². The lowest BCUT2D eigenvalue weighted by Crippen LogP contribution is -2.40. The highest BCUT2D eigenvalue weighted by Crippen LogP contribution is 2.35. The molecule has 1 aliphatic carbocycles. The Kier molecular flexibility index (Phi) is 8.49. The van der Waals surface area contributed by atoms with Crippen LogP contribution in [0.4, 0.5) is 0 Å². The van der Waals surface area contributed by atoms with Crippen molar-refractivity contribution in [3.63, 3.8) is 0 Å². The van der Waals surface area contributed by atoms with Gasteiger partial charge in [0.25, 0.3) is 0 Å². The summed E-state index contributed by atoms with van der Waals surface area (Å²) in [4.78, 5) is 7.00. The van der Waals surface area contributed by atoms with Crippen LogP contribution in [0, 0.1) is 11.8 Å². The summed E-state index contributed by atoms with van der Waals surface area (Å²) in [7, 11) is 1.90. The fourth-order valence-corrected chi connectivity index (χ4v) is 4.17. The maximum Gasteiger partial charge on any atom is 0.193 e. The molecule has 1 N–H and O–H groups in total. The van der Waals surface area contributed by atoms with Crippen molar-refractivity contribution in [1.29, 1.82) is 0 Å². The molecule has 2 atom stereocenters. The van der Waals surface area contributed by atoms with E-state index >= 15 is 0 Å². The number of rotatable bonds is 5. The minimum absolute atomic E-state index is 0. The Balaban J connectivity index is 0.00000225. The van der Waals surface area contributed by atoms with Gasteiger partial charge in [0.05, 0.1) is 6.61 Å². The number of halogens is 1. The number of fused-ring (bicyclic) bond motifs is 1. The van der Waals surface area contributed by atoms with Crippen molar-refractivity contribution in [3.05, 3.63) is 35.4 Å². The second-order valence-electron chi connectivity index (χ2n) is 7.02. The molecule has 1 aromatic carbocycles. The molecule has 1 aromatic rings. The van der Waals surface area contributed by atoms with E-state index in [1.807, 2.05) is 14.0 Å². The molecule has 2 unspecified atom stereocenters. The molecule has 1 saturated carbocycles. The Morgan fingerprint density at radius 1 is 1.16 bits per heavy atom. The molecule has 0 spiro atoms. The highest BCUT2D eigenvalue weighted by molar-refractivity contribution is 14.0. The standard InChI is InChI=1S/C20H31N3O.HI/c1-3-24-15-19-11-7-4-8-16(19)12-22-20(21-2)23-13-17-9-5-6-10-18(17)14-23;/h4,7-8,11,17-18H,3,5-6,9-10,12-15H2,1-2H3,(H,21,22);1H. The van der Waals surface area contributed by atoms with Gasteiger partial charge in [0.2, 0.25) is 0 Å². The van der Waals surface area contributed by atoms with Crippen molar-refractivity contribution in [2.75, 3.05) is 26.7 Å². The molecule has 1 aliphatic heterocycles. The van der Waals surface area contributed by atoms with E-state index in [1.54, 1.807) is 0 Å². The second-order valence-corrected chi connectivity index (χ2v) is 7.02. The van der Waals surface area contributed by atoms with Gasteiger partial charge in [0.1, 0.15) is 0 Å². The average molecular weight is 457 g/mol. The first kappa shape index (κ1) is 20.5. The zero-order valence-electron chi connectivity index (χ0n) is 15.5. The lowest BCUT2D eigenvalue weighted by molar-refractivity contribution is 0.133. The summed E-state index contributed by atoms with van der Waals surface area (Å²) in [6.07, 6.45) is 5.61. The van der Waals surface area contributed by atoms with Crippen LogP contribution in [0.2, 0.25) is 0 Å². The van der Waals surface area contributed by atoms with Crippen LogP contribution in [0.3, 0.4) is 0 Å². The van der Waals surface area contributed by atoms with Crippen LogP contribution in [0.1, 0.15) is 43.7 Å². The highest BCUT2D eigenvalue weighted by atomic mass is 127. The van der Waals surface area contributed by atoms with E-state index < -0.39 is 0 Å². The predicted molar refractivity (Wildman–Crippen MR) is 114 cm³/mol. The molecule has 0 amide bonds. The summed E-state index contributed by atoms with van der Waals surface area (Å²) < 4.78 is 5.59. The molecule has 2 aliphatic rings. The third-order valence-electron chi connectivity index (χ3n) is 5.50. The summed E-state index contributed by atoms with van der Waals surface area (Å²) in [5.41, 5.74) is 2.56. The van der Waals surface area contributed by atoms with E-state index in [0.29, 0.717) is 6.61 Å². The molecule has 140 valence electrons. The number of guanidine groups is 1. The lowest BCUT2D eigenvalue weighted by atomic mass is 9.82. The molecule has 4 nitrogen and oxygen atoms in total.